The van der Waals surface area contributed by atoms with Gasteiger partial charge >= 0.3 is 0 Å². The van der Waals surface area contributed by atoms with Crippen LogP contribution in [0.25, 0.3) is 93.9 Å². The molecule has 2 heteroatoms. The van der Waals surface area contributed by atoms with Crippen LogP contribution in [0.15, 0.2) is 267 Å². The summed E-state index contributed by atoms with van der Waals surface area (Å²) in [6, 6.07) is 96.9. The highest BCUT2D eigenvalue weighted by atomic mass is 15.1. The van der Waals surface area contributed by atoms with Gasteiger partial charge in [0.25, 0.3) is 0 Å². The minimum atomic E-state index is 1.08. The molecule has 1 heterocycles. The van der Waals surface area contributed by atoms with E-state index in [2.05, 4.69) is 276 Å². The number of nitrogens with zero attached hydrogens (tertiary/aromatic N) is 2. The molecule has 0 bridgehead atoms. The van der Waals surface area contributed by atoms with Gasteiger partial charge in [-0.3, -0.25) is 0 Å². The molecule has 0 unspecified atom stereocenters. The molecule has 0 saturated heterocycles. The molecule has 310 valence electrons. The summed E-state index contributed by atoms with van der Waals surface area (Å²) in [4.78, 5) is 2.42. The van der Waals surface area contributed by atoms with Crippen LogP contribution in [-0.4, -0.2) is 4.57 Å². The van der Waals surface area contributed by atoms with Crippen molar-refractivity contribution in [1.29, 1.82) is 0 Å². The maximum atomic E-state index is 2.42. The molecular formula is C64H44N2. The highest BCUT2D eigenvalue weighted by molar-refractivity contribution is 6.10. The van der Waals surface area contributed by atoms with Crippen LogP contribution in [0.4, 0.5) is 17.1 Å². The normalized spacial score (nSPS) is 11.3. The second-order valence-electron chi connectivity index (χ2n) is 16.9. The zero-order chi connectivity index (χ0) is 43.8. The highest BCUT2D eigenvalue weighted by Gasteiger charge is 2.21. The van der Waals surface area contributed by atoms with E-state index in [1.165, 1.54) is 82.6 Å². The lowest BCUT2D eigenvalue weighted by Crippen LogP contribution is -2.11. The third kappa shape index (κ3) is 6.93. The van der Waals surface area contributed by atoms with Gasteiger partial charge in [-0.05, 0) is 122 Å². The van der Waals surface area contributed by atoms with Gasteiger partial charge in [0, 0.05) is 33.4 Å². The lowest BCUT2D eigenvalue weighted by Gasteiger charge is -2.29. The average molecular weight is 841 g/mol. The first-order chi connectivity index (χ1) is 32.8. The van der Waals surface area contributed by atoms with Gasteiger partial charge in [-0.25, -0.2) is 0 Å². The van der Waals surface area contributed by atoms with Crippen LogP contribution < -0.4 is 4.90 Å². The molecule has 12 aromatic rings. The molecular weight excluding hydrogens is 797 g/mol. The van der Waals surface area contributed by atoms with Gasteiger partial charge in [0.1, 0.15) is 0 Å². The minimum absolute atomic E-state index is 1.08. The highest BCUT2D eigenvalue weighted by Crippen LogP contribution is 2.46. The summed E-state index contributed by atoms with van der Waals surface area (Å²) in [6.07, 6.45) is 0. The number of hydrogen-bond donors (Lipinski definition) is 0. The molecule has 0 N–H and O–H groups in total. The second kappa shape index (κ2) is 16.8. The Hall–Kier alpha value is -8.72. The van der Waals surface area contributed by atoms with Crippen LogP contribution in [-0.2, 0) is 0 Å². The Morgan fingerprint density at radius 1 is 0.258 bits per heavy atom. The van der Waals surface area contributed by atoms with Crippen molar-refractivity contribution in [2.75, 3.05) is 4.90 Å². The molecule has 66 heavy (non-hydrogen) atoms. The lowest BCUT2D eigenvalue weighted by molar-refractivity contribution is 1.18. The number of benzene rings is 11. The van der Waals surface area contributed by atoms with E-state index < -0.39 is 0 Å². The van der Waals surface area contributed by atoms with Crippen molar-refractivity contribution in [2.45, 2.75) is 0 Å². The average Bonchev–Trinajstić information content (AvgIpc) is 3.73. The van der Waals surface area contributed by atoms with E-state index in [1.807, 2.05) is 0 Å². The number of fused-ring (bicyclic) bond motifs is 4. The van der Waals surface area contributed by atoms with E-state index in [1.54, 1.807) is 0 Å². The van der Waals surface area contributed by atoms with Crippen LogP contribution in [0.3, 0.4) is 0 Å². The summed E-state index contributed by atoms with van der Waals surface area (Å²) in [7, 11) is 0. The molecule has 0 aliphatic carbocycles. The molecule has 0 fully saturated rings. The number of hydrogen-bond acceptors (Lipinski definition) is 1. The smallest absolute Gasteiger partial charge is 0.0541 e. The van der Waals surface area contributed by atoms with Crippen molar-refractivity contribution in [1.82, 2.24) is 4.57 Å². The lowest BCUT2D eigenvalue weighted by atomic mass is 9.88. The Morgan fingerprint density at radius 3 is 1.45 bits per heavy atom. The first-order valence-electron chi connectivity index (χ1n) is 22.7. The Bertz CT molecular complexity index is 3670. The topological polar surface area (TPSA) is 8.17 Å². The summed E-state index contributed by atoms with van der Waals surface area (Å²) >= 11 is 0. The van der Waals surface area contributed by atoms with E-state index in [0.29, 0.717) is 0 Å². The fraction of sp³-hybridized carbons (Fsp3) is 0. The van der Waals surface area contributed by atoms with Crippen LogP contribution in [0.2, 0.25) is 0 Å². The summed E-state index contributed by atoms with van der Waals surface area (Å²) in [6.45, 7) is 0. The molecule has 0 spiro atoms. The number of rotatable bonds is 9. The van der Waals surface area contributed by atoms with Crippen molar-refractivity contribution in [3.63, 3.8) is 0 Å². The van der Waals surface area contributed by atoms with Crippen LogP contribution >= 0.6 is 0 Å². The van der Waals surface area contributed by atoms with E-state index in [0.717, 1.165) is 28.3 Å². The first-order valence-corrected chi connectivity index (χ1v) is 22.7. The summed E-state index contributed by atoms with van der Waals surface area (Å²) in [5.74, 6) is 0. The van der Waals surface area contributed by atoms with Crippen LogP contribution in [0.5, 0.6) is 0 Å². The maximum Gasteiger partial charge on any atom is 0.0541 e. The summed E-state index contributed by atoms with van der Waals surface area (Å²) in [5.41, 5.74) is 18.7. The van der Waals surface area contributed by atoms with Crippen LogP contribution in [0, 0.1) is 0 Å². The SMILES string of the molecule is c1ccc(-c2ccccc2-c2ccccc2-c2ccccc2N(c2ccc(-c3ccc4c(c3)c3ccccc3n4-c3ccccc3)cc2)c2ccc(-c3cccc4ccccc34)cc2)cc1. The van der Waals surface area contributed by atoms with Crippen LogP contribution in [0.1, 0.15) is 0 Å². The third-order valence-electron chi connectivity index (χ3n) is 13.0. The van der Waals surface area contributed by atoms with Crippen molar-refractivity contribution in [3.8, 4) is 61.3 Å². The molecule has 0 radical (unpaired) electrons. The molecule has 11 aromatic carbocycles. The van der Waals surface area contributed by atoms with E-state index >= 15 is 0 Å². The molecule has 0 aliphatic heterocycles. The molecule has 0 aliphatic rings. The zero-order valence-corrected chi connectivity index (χ0v) is 36.3. The summed E-state index contributed by atoms with van der Waals surface area (Å²) in [5, 5.41) is 4.98. The molecule has 0 amide bonds. The molecule has 12 rings (SSSR count). The largest absolute Gasteiger partial charge is 0.310 e. The zero-order valence-electron chi connectivity index (χ0n) is 36.3. The van der Waals surface area contributed by atoms with Gasteiger partial charge in [-0.15, -0.1) is 0 Å². The number of para-hydroxylation sites is 3. The Kier molecular flexibility index (Phi) is 9.89. The second-order valence-corrected chi connectivity index (χ2v) is 16.9. The first kappa shape index (κ1) is 38.9. The number of aromatic nitrogens is 1. The van der Waals surface area contributed by atoms with Gasteiger partial charge in [0.2, 0.25) is 0 Å². The van der Waals surface area contributed by atoms with Gasteiger partial charge in [0.15, 0.2) is 0 Å². The summed E-state index contributed by atoms with van der Waals surface area (Å²) < 4.78 is 2.37. The van der Waals surface area contributed by atoms with Gasteiger partial charge in [-0.2, -0.15) is 0 Å². The van der Waals surface area contributed by atoms with Crippen molar-refractivity contribution >= 4 is 49.6 Å². The quantitative estimate of drug-likeness (QED) is 0.141. The predicted octanol–water partition coefficient (Wildman–Crippen LogP) is 17.7. The number of anilines is 3. The van der Waals surface area contributed by atoms with Gasteiger partial charge < -0.3 is 9.47 Å². The van der Waals surface area contributed by atoms with Crippen molar-refractivity contribution < 1.29 is 0 Å². The monoisotopic (exact) mass is 840 g/mol. The minimum Gasteiger partial charge on any atom is -0.310 e. The Balaban J connectivity index is 0.994. The molecule has 2 nitrogen and oxygen atoms in total. The van der Waals surface area contributed by atoms with E-state index in [4.69, 9.17) is 0 Å². The van der Waals surface area contributed by atoms with Gasteiger partial charge in [-0.1, -0.05) is 206 Å². The van der Waals surface area contributed by atoms with E-state index in [9.17, 15) is 0 Å². The standard InChI is InChI=1S/C64H44N2/c1-3-18-46(19-4-1)55-25-9-10-26-56(55)57-27-11-12-28-58(57)59-29-13-15-32-62(59)65(52-41-36-48(37-42-52)54-31-17-21-47-20-7-8-24-53(47)54)51-39-34-45(35-40-51)49-38-43-64-61(44-49)60-30-14-16-33-63(60)66(64)50-22-5-2-6-23-50/h1-44H. The maximum absolute atomic E-state index is 2.42. The molecule has 0 saturated carbocycles. The Labute approximate surface area is 385 Å². The van der Waals surface area contributed by atoms with Crippen molar-refractivity contribution in [3.05, 3.63) is 267 Å². The third-order valence-corrected chi connectivity index (χ3v) is 13.0. The van der Waals surface area contributed by atoms with E-state index in [-0.39, 0.29) is 0 Å². The predicted molar refractivity (Wildman–Crippen MR) is 280 cm³/mol. The fourth-order valence-electron chi connectivity index (χ4n) is 9.94. The molecule has 1 aromatic heterocycles. The molecule has 0 atom stereocenters. The van der Waals surface area contributed by atoms with Crippen molar-refractivity contribution in [2.24, 2.45) is 0 Å². The van der Waals surface area contributed by atoms with Gasteiger partial charge in [0.05, 0.1) is 16.7 Å². The Morgan fingerprint density at radius 2 is 0.727 bits per heavy atom. The fourth-order valence-corrected chi connectivity index (χ4v) is 9.94.